The Hall–Kier alpha value is -1.40. The first-order chi connectivity index (χ1) is 9.04. The summed E-state index contributed by atoms with van der Waals surface area (Å²) in [6.07, 6.45) is 1.65. The van der Waals surface area contributed by atoms with Gasteiger partial charge in [0.1, 0.15) is 25.4 Å². The fraction of sp³-hybridized carbons (Fsp3) is 0.692. The first-order valence-electron chi connectivity index (χ1n) is 6.43. The summed E-state index contributed by atoms with van der Waals surface area (Å²) in [4.78, 5) is 22.1. The van der Waals surface area contributed by atoms with Crippen molar-refractivity contribution in [1.29, 1.82) is 0 Å². The third-order valence-electron chi connectivity index (χ3n) is 2.83. The maximum Gasteiger partial charge on any atom is 0.331 e. The molecule has 0 fully saturated rings. The second-order valence-electron chi connectivity index (χ2n) is 4.48. The second-order valence-corrected chi connectivity index (χ2v) is 4.48. The molecule has 0 unspecified atom stereocenters. The Labute approximate surface area is 112 Å². The number of unbranched alkanes of at least 4 members (excludes halogenated alkanes) is 2. The van der Waals surface area contributed by atoms with E-state index in [9.17, 15) is 19.8 Å². The number of carbonyl (C=O) groups excluding carboxylic acids is 2. The van der Waals surface area contributed by atoms with Crippen LogP contribution in [0.2, 0.25) is 0 Å². The Morgan fingerprint density at radius 2 is 2.21 bits per heavy atom. The van der Waals surface area contributed by atoms with E-state index in [2.05, 4.69) is 4.74 Å². The van der Waals surface area contributed by atoms with Crippen LogP contribution in [0, 0.1) is 0 Å². The number of aliphatic hydroxyl groups excluding tert-OH is 2. The molecule has 19 heavy (non-hydrogen) atoms. The van der Waals surface area contributed by atoms with Crippen LogP contribution in [0.1, 0.15) is 32.6 Å². The third kappa shape index (κ3) is 5.40. The van der Waals surface area contributed by atoms with Crippen molar-refractivity contribution >= 4 is 11.9 Å². The monoisotopic (exact) mass is 272 g/mol. The molecule has 0 saturated carbocycles. The van der Waals surface area contributed by atoms with E-state index >= 15 is 0 Å². The number of ether oxygens (including phenoxy) is 2. The largest absolute Gasteiger partial charge is 0.463 e. The summed E-state index contributed by atoms with van der Waals surface area (Å²) in [7, 11) is 0. The van der Waals surface area contributed by atoms with Crippen molar-refractivity contribution in [3.05, 3.63) is 11.6 Å². The highest BCUT2D eigenvalue weighted by atomic mass is 16.5. The van der Waals surface area contributed by atoms with E-state index in [4.69, 9.17) is 4.74 Å². The van der Waals surface area contributed by atoms with Crippen molar-refractivity contribution in [3.8, 4) is 0 Å². The van der Waals surface area contributed by atoms with Gasteiger partial charge < -0.3 is 19.7 Å². The number of rotatable bonds is 8. The van der Waals surface area contributed by atoms with Gasteiger partial charge in [-0.05, 0) is 6.42 Å². The van der Waals surface area contributed by atoms with Crippen molar-refractivity contribution < 1.29 is 29.3 Å². The van der Waals surface area contributed by atoms with E-state index in [-0.39, 0.29) is 13.2 Å². The Morgan fingerprint density at radius 1 is 1.47 bits per heavy atom. The Kier molecular flexibility index (Phi) is 6.52. The van der Waals surface area contributed by atoms with Gasteiger partial charge in [-0.1, -0.05) is 19.8 Å². The van der Waals surface area contributed by atoms with Crippen molar-refractivity contribution in [2.45, 2.75) is 44.8 Å². The number of cyclic esters (lactones) is 1. The Bertz CT molecular complexity index is 349. The summed E-state index contributed by atoms with van der Waals surface area (Å²) >= 11 is 0. The topological polar surface area (TPSA) is 93.1 Å². The highest BCUT2D eigenvalue weighted by molar-refractivity contribution is 5.85. The number of carbonyl (C=O) groups is 2. The van der Waals surface area contributed by atoms with Gasteiger partial charge in [0.2, 0.25) is 0 Å². The summed E-state index contributed by atoms with van der Waals surface area (Å²) in [5.74, 6) is -0.940. The van der Waals surface area contributed by atoms with Gasteiger partial charge in [-0.15, -0.1) is 0 Å². The molecular weight excluding hydrogens is 252 g/mol. The molecule has 0 bridgehead atoms. The summed E-state index contributed by atoms with van der Waals surface area (Å²) in [6, 6.07) is 0. The molecule has 1 rings (SSSR count). The molecule has 0 spiro atoms. The molecule has 6 nitrogen and oxygen atoms in total. The molecule has 2 N–H and O–H groups in total. The Morgan fingerprint density at radius 3 is 2.79 bits per heavy atom. The van der Waals surface area contributed by atoms with Crippen LogP contribution in [0.25, 0.3) is 0 Å². The molecule has 0 saturated heterocycles. The van der Waals surface area contributed by atoms with Crippen LogP contribution in [0.3, 0.4) is 0 Å². The van der Waals surface area contributed by atoms with Crippen molar-refractivity contribution in [2.24, 2.45) is 0 Å². The lowest BCUT2D eigenvalue weighted by Gasteiger charge is -2.17. The molecule has 1 aliphatic rings. The van der Waals surface area contributed by atoms with Crippen LogP contribution in [-0.2, 0) is 19.1 Å². The van der Waals surface area contributed by atoms with Gasteiger partial charge in [0, 0.05) is 18.1 Å². The van der Waals surface area contributed by atoms with E-state index in [0.717, 1.165) is 25.3 Å². The van der Waals surface area contributed by atoms with Gasteiger partial charge in [0.05, 0.1) is 0 Å². The highest BCUT2D eigenvalue weighted by Crippen LogP contribution is 2.14. The summed E-state index contributed by atoms with van der Waals surface area (Å²) in [6.45, 7) is 1.70. The highest BCUT2D eigenvalue weighted by Gasteiger charge is 2.26. The van der Waals surface area contributed by atoms with Gasteiger partial charge in [0.25, 0.3) is 0 Å². The van der Waals surface area contributed by atoms with Crippen LogP contribution in [-0.4, -0.2) is 47.6 Å². The third-order valence-corrected chi connectivity index (χ3v) is 2.83. The molecule has 108 valence electrons. The smallest absolute Gasteiger partial charge is 0.331 e. The molecule has 0 aromatic carbocycles. The molecule has 2 atom stereocenters. The van der Waals surface area contributed by atoms with Crippen molar-refractivity contribution in [1.82, 2.24) is 0 Å². The minimum absolute atomic E-state index is 0.0402. The minimum Gasteiger partial charge on any atom is -0.463 e. The van der Waals surface area contributed by atoms with Gasteiger partial charge in [-0.2, -0.15) is 0 Å². The maximum absolute atomic E-state index is 11.3. The number of hydrogen-bond donors (Lipinski definition) is 2. The lowest BCUT2D eigenvalue weighted by atomic mass is 10.1. The van der Waals surface area contributed by atoms with Crippen LogP contribution < -0.4 is 0 Å². The zero-order valence-electron chi connectivity index (χ0n) is 11.0. The number of aliphatic hydroxyl groups is 2. The predicted octanol–water partition coefficient (Wildman–Crippen LogP) is 0.315. The van der Waals surface area contributed by atoms with Crippen molar-refractivity contribution in [3.63, 3.8) is 0 Å². The first kappa shape index (κ1) is 15.7. The van der Waals surface area contributed by atoms with E-state index < -0.39 is 24.1 Å². The molecule has 0 aromatic rings. The molecular formula is C13H20O6. The minimum atomic E-state index is -1.25. The predicted molar refractivity (Wildman–Crippen MR) is 66.2 cm³/mol. The van der Waals surface area contributed by atoms with Crippen LogP contribution in [0.5, 0.6) is 0 Å². The van der Waals surface area contributed by atoms with E-state index in [1.807, 2.05) is 6.92 Å². The normalized spacial score (nSPS) is 17.6. The van der Waals surface area contributed by atoms with E-state index in [1.54, 1.807) is 0 Å². The van der Waals surface area contributed by atoms with Gasteiger partial charge in [0.15, 0.2) is 0 Å². The number of esters is 2. The molecule has 0 amide bonds. The van der Waals surface area contributed by atoms with Gasteiger partial charge in [-0.25, -0.2) is 4.79 Å². The second kappa shape index (κ2) is 7.91. The van der Waals surface area contributed by atoms with Crippen molar-refractivity contribution in [2.75, 3.05) is 13.2 Å². The molecule has 6 heteroatoms. The zero-order chi connectivity index (χ0) is 14.3. The summed E-state index contributed by atoms with van der Waals surface area (Å²) in [5, 5.41) is 19.4. The van der Waals surface area contributed by atoms with Crippen LogP contribution >= 0.6 is 0 Å². The fourth-order valence-corrected chi connectivity index (χ4v) is 1.67. The molecule has 0 aromatic heterocycles. The van der Waals surface area contributed by atoms with Crippen LogP contribution in [0.4, 0.5) is 0 Å². The molecule has 1 heterocycles. The fourth-order valence-electron chi connectivity index (χ4n) is 1.67. The van der Waals surface area contributed by atoms with E-state index in [0.29, 0.717) is 12.0 Å². The summed E-state index contributed by atoms with van der Waals surface area (Å²) < 4.78 is 9.47. The van der Waals surface area contributed by atoms with E-state index in [1.165, 1.54) is 0 Å². The lowest BCUT2D eigenvalue weighted by molar-refractivity contribution is -0.148. The first-order valence-corrected chi connectivity index (χ1v) is 6.43. The zero-order valence-corrected chi connectivity index (χ0v) is 11.0. The van der Waals surface area contributed by atoms with Crippen LogP contribution in [0.15, 0.2) is 11.6 Å². The average Bonchev–Trinajstić information content (AvgIpc) is 2.82. The molecule has 0 radical (unpaired) electrons. The van der Waals surface area contributed by atoms with Gasteiger partial charge >= 0.3 is 11.9 Å². The Balaban J connectivity index is 2.26. The maximum atomic E-state index is 11.3. The quantitative estimate of drug-likeness (QED) is 0.488. The SMILES string of the molecule is CCCCCC(=O)OC[C@@H](O)[C@H](O)C1=CC(=O)OC1. The number of hydrogen-bond acceptors (Lipinski definition) is 6. The lowest BCUT2D eigenvalue weighted by Crippen LogP contribution is -2.33. The average molecular weight is 272 g/mol. The van der Waals surface area contributed by atoms with Gasteiger partial charge in [-0.3, -0.25) is 4.79 Å². The molecule has 0 aliphatic carbocycles. The standard InChI is InChI=1S/C13H20O6/c1-2-3-4-5-11(15)19-8-10(14)13(17)9-6-12(16)18-7-9/h6,10,13-14,17H,2-5,7-8H2,1H3/t10-,13-/m1/s1. The molecule has 1 aliphatic heterocycles. The summed E-state index contributed by atoms with van der Waals surface area (Å²) in [5.41, 5.74) is 0.291.